The van der Waals surface area contributed by atoms with Gasteiger partial charge in [0, 0.05) is 43.7 Å². The van der Waals surface area contributed by atoms with Crippen molar-refractivity contribution in [2.75, 3.05) is 36.4 Å². The highest BCUT2D eigenvalue weighted by molar-refractivity contribution is 6.01. The molecule has 154 valence electrons. The standard InChI is InChI=1S/C24H25N3O3/c28-23(27-14-12-26(13-15-27)16-6-2-1-3-7-16)20-11-5-9-18-17-8-4-10-19(17)22(24(29)30)25-21(18)20/h1-9,11,17,19,22,25H,10,12-15H2,(H,29,30). The summed E-state index contributed by atoms with van der Waals surface area (Å²) >= 11 is 0. The Kier molecular flexibility index (Phi) is 4.69. The number of nitrogens with one attached hydrogen (secondary N) is 1. The normalized spacial score (nSPS) is 24.7. The molecule has 3 aliphatic rings. The van der Waals surface area contributed by atoms with E-state index < -0.39 is 12.0 Å². The summed E-state index contributed by atoms with van der Waals surface area (Å²) < 4.78 is 0. The van der Waals surface area contributed by atoms with Crippen LogP contribution in [-0.4, -0.2) is 54.1 Å². The van der Waals surface area contributed by atoms with E-state index in [0.717, 1.165) is 25.1 Å². The first-order valence-electron chi connectivity index (χ1n) is 10.5. The monoisotopic (exact) mass is 403 g/mol. The van der Waals surface area contributed by atoms with Gasteiger partial charge in [-0.1, -0.05) is 42.5 Å². The molecule has 3 unspecified atom stereocenters. The smallest absolute Gasteiger partial charge is 0.326 e. The zero-order valence-corrected chi connectivity index (χ0v) is 16.7. The predicted molar refractivity (Wildman–Crippen MR) is 116 cm³/mol. The minimum absolute atomic E-state index is 0.00484. The zero-order valence-electron chi connectivity index (χ0n) is 16.7. The van der Waals surface area contributed by atoms with E-state index in [1.807, 2.05) is 41.3 Å². The Balaban J connectivity index is 1.38. The van der Waals surface area contributed by atoms with Gasteiger partial charge in [0.1, 0.15) is 6.04 Å². The Bertz CT molecular complexity index is 996. The molecule has 6 nitrogen and oxygen atoms in total. The molecule has 3 atom stereocenters. The van der Waals surface area contributed by atoms with Crippen molar-refractivity contribution in [2.24, 2.45) is 5.92 Å². The lowest BCUT2D eigenvalue weighted by atomic mass is 9.78. The molecule has 0 saturated carbocycles. The first kappa shape index (κ1) is 18.7. The topological polar surface area (TPSA) is 72.9 Å². The number of piperazine rings is 1. The number of amides is 1. The molecular formula is C24H25N3O3. The summed E-state index contributed by atoms with van der Waals surface area (Å²) in [6.45, 7) is 2.85. The van der Waals surface area contributed by atoms with Crippen molar-refractivity contribution < 1.29 is 14.7 Å². The van der Waals surface area contributed by atoms with Gasteiger partial charge in [-0.15, -0.1) is 0 Å². The molecule has 2 N–H and O–H groups in total. The molecule has 0 bridgehead atoms. The molecule has 1 fully saturated rings. The first-order chi connectivity index (χ1) is 14.6. The maximum Gasteiger partial charge on any atom is 0.326 e. The van der Waals surface area contributed by atoms with Crippen LogP contribution in [0.25, 0.3) is 0 Å². The van der Waals surface area contributed by atoms with Crippen molar-refractivity contribution in [1.82, 2.24) is 4.90 Å². The lowest BCUT2D eigenvalue weighted by Gasteiger charge is -2.38. The lowest BCUT2D eigenvalue weighted by molar-refractivity contribution is -0.139. The van der Waals surface area contributed by atoms with Crippen LogP contribution in [0.4, 0.5) is 11.4 Å². The minimum atomic E-state index is -0.863. The number of fused-ring (bicyclic) bond motifs is 3. The summed E-state index contributed by atoms with van der Waals surface area (Å²) in [4.78, 5) is 29.4. The number of hydrogen-bond donors (Lipinski definition) is 2. The summed E-state index contributed by atoms with van der Waals surface area (Å²) in [5.41, 5.74) is 3.46. The number of rotatable bonds is 3. The van der Waals surface area contributed by atoms with Crippen LogP contribution in [0.5, 0.6) is 0 Å². The molecule has 2 aromatic rings. The largest absolute Gasteiger partial charge is 0.480 e. The van der Waals surface area contributed by atoms with Gasteiger partial charge >= 0.3 is 5.97 Å². The van der Waals surface area contributed by atoms with Gasteiger partial charge in [-0.3, -0.25) is 4.79 Å². The van der Waals surface area contributed by atoms with Crippen LogP contribution in [-0.2, 0) is 4.79 Å². The summed E-state index contributed by atoms with van der Waals surface area (Å²) in [6.07, 6.45) is 4.89. The Morgan fingerprint density at radius 1 is 0.967 bits per heavy atom. The van der Waals surface area contributed by atoms with Crippen LogP contribution in [0.3, 0.4) is 0 Å². The summed E-state index contributed by atoms with van der Waals surface area (Å²) in [6, 6.07) is 15.3. The molecular weight excluding hydrogens is 378 g/mol. The first-order valence-corrected chi connectivity index (χ1v) is 10.5. The van der Waals surface area contributed by atoms with Gasteiger partial charge in [-0.2, -0.15) is 0 Å². The molecule has 2 aromatic carbocycles. The van der Waals surface area contributed by atoms with Crippen molar-refractivity contribution in [3.05, 3.63) is 71.8 Å². The van der Waals surface area contributed by atoms with Crippen molar-refractivity contribution in [3.63, 3.8) is 0 Å². The van der Waals surface area contributed by atoms with Crippen LogP contribution in [0.1, 0.15) is 28.3 Å². The molecule has 2 heterocycles. The molecule has 5 rings (SSSR count). The van der Waals surface area contributed by atoms with E-state index in [9.17, 15) is 14.7 Å². The van der Waals surface area contributed by atoms with E-state index in [4.69, 9.17) is 0 Å². The molecule has 6 heteroatoms. The molecule has 1 saturated heterocycles. The van der Waals surface area contributed by atoms with Gasteiger partial charge < -0.3 is 20.2 Å². The van der Waals surface area contributed by atoms with Gasteiger partial charge in [-0.05, 0) is 30.2 Å². The maximum atomic E-state index is 13.4. The molecule has 2 aliphatic heterocycles. The maximum absolute atomic E-state index is 13.4. The second-order valence-electron chi connectivity index (χ2n) is 8.20. The summed E-state index contributed by atoms with van der Waals surface area (Å²) in [7, 11) is 0. The third-order valence-corrected chi connectivity index (χ3v) is 6.58. The molecule has 0 aromatic heterocycles. The van der Waals surface area contributed by atoms with Crippen molar-refractivity contribution in [3.8, 4) is 0 Å². The number of anilines is 2. The van der Waals surface area contributed by atoms with Crippen molar-refractivity contribution >= 4 is 23.3 Å². The van der Waals surface area contributed by atoms with Gasteiger partial charge in [0.05, 0.1) is 11.3 Å². The molecule has 0 radical (unpaired) electrons. The van der Waals surface area contributed by atoms with Crippen LogP contribution in [0.15, 0.2) is 60.7 Å². The number of carbonyl (C=O) groups is 2. The zero-order chi connectivity index (χ0) is 20.7. The number of carbonyl (C=O) groups excluding carboxylic acids is 1. The fourth-order valence-corrected chi connectivity index (χ4v) is 5.02. The van der Waals surface area contributed by atoms with Gasteiger partial charge in [0.25, 0.3) is 5.91 Å². The van der Waals surface area contributed by atoms with Crippen LogP contribution in [0.2, 0.25) is 0 Å². The SMILES string of the molecule is O=C(O)C1Nc2c(C(=O)N3CCN(c4ccccc4)CC3)cccc2C2C=CCC12. The lowest BCUT2D eigenvalue weighted by Crippen LogP contribution is -2.49. The third kappa shape index (κ3) is 3.12. The number of aliphatic carboxylic acids is 1. The van der Waals surface area contributed by atoms with Crippen molar-refractivity contribution in [2.45, 2.75) is 18.4 Å². The Labute approximate surface area is 175 Å². The van der Waals surface area contributed by atoms with Crippen molar-refractivity contribution in [1.29, 1.82) is 0 Å². The average molecular weight is 403 g/mol. The number of nitrogens with zero attached hydrogens (tertiary/aromatic N) is 2. The van der Waals surface area contributed by atoms with Crippen LogP contribution >= 0.6 is 0 Å². The quantitative estimate of drug-likeness (QED) is 0.770. The predicted octanol–water partition coefficient (Wildman–Crippen LogP) is 3.19. The number of allylic oxidation sites excluding steroid dienone is 2. The third-order valence-electron chi connectivity index (χ3n) is 6.58. The van der Waals surface area contributed by atoms with Crippen LogP contribution in [0, 0.1) is 5.92 Å². The highest BCUT2D eigenvalue weighted by Gasteiger charge is 2.42. The Morgan fingerprint density at radius 2 is 1.73 bits per heavy atom. The van der Waals surface area contributed by atoms with E-state index in [1.165, 1.54) is 5.69 Å². The molecule has 0 spiro atoms. The number of hydrogen-bond acceptors (Lipinski definition) is 4. The van der Waals surface area contributed by atoms with E-state index >= 15 is 0 Å². The number of benzene rings is 2. The summed E-state index contributed by atoms with van der Waals surface area (Å²) in [5.74, 6) is -0.852. The van der Waals surface area contributed by atoms with E-state index in [-0.39, 0.29) is 17.7 Å². The van der Waals surface area contributed by atoms with Crippen LogP contribution < -0.4 is 10.2 Å². The Hall–Kier alpha value is -3.28. The van der Waals surface area contributed by atoms with E-state index in [0.29, 0.717) is 24.3 Å². The molecule has 1 amide bonds. The Morgan fingerprint density at radius 3 is 2.47 bits per heavy atom. The molecule has 1 aliphatic carbocycles. The van der Waals surface area contributed by atoms with Gasteiger partial charge in [0.2, 0.25) is 0 Å². The van der Waals surface area contributed by atoms with Gasteiger partial charge in [0.15, 0.2) is 0 Å². The minimum Gasteiger partial charge on any atom is -0.480 e. The second-order valence-corrected chi connectivity index (χ2v) is 8.20. The fraction of sp³-hybridized carbons (Fsp3) is 0.333. The average Bonchev–Trinajstić information content (AvgIpc) is 3.28. The fourth-order valence-electron chi connectivity index (χ4n) is 5.02. The second kappa shape index (κ2) is 7.52. The van der Waals surface area contributed by atoms with E-state index in [2.05, 4.69) is 34.5 Å². The number of carboxylic acids is 1. The summed E-state index contributed by atoms with van der Waals surface area (Å²) in [5, 5.41) is 12.9. The number of carboxylic acid groups (broad SMARTS) is 1. The molecule has 30 heavy (non-hydrogen) atoms. The number of para-hydroxylation sites is 2. The highest BCUT2D eigenvalue weighted by atomic mass is 16.4. The van der Waals surface area contributed by atoms with Gasteiger partial charge in [-0.25, -0.2) is 4.79 Å². The van der Waals surface area contributed by atoms with E-state index in [1.54, 1.807) is 0 Å². The highest BCUT2D eigenvalue weighted by Crippen LogP contribution is 2.45.